The molecule has 0 amide bonds. The van der Waals surface area contributed by atoms with E-state index >= 15 is 0 Å². The number of hydrogen-bond donors (Lipinski definition) is 2. The second-order valence-corrected chi connectivity index (χ2v) is 5.42. The van der Waals surface area contributed by atoms with Crippen LogP contribution in [0.1, 0.15) is 49.3 Å². The van der Waals surface area contributed by atoms with Gasteiger partial charge in [0.15, 0.2) is 0 Å². The number of halogens is 2. The molecule has 1 fully saturated rings. The van der Waals surface area contributed by atoms with Crippen LogP contribution in [0.15, 0.2) is 18.2 Å². The lowest BCUT2D eigenvalue weighted by molar-refractivity contribution is 0.0617. The van der Waals surface area contributed by atoms with Crippen LogP contribution in [0, 0.1) is 18.7 Å². The highest BCUT2D eigenvalue weighted by atomic mass is 35.5. The molecule has 0 aliphatic heterocycles. The minimum Gasteiger partial charge on any atom is -0.391 e. The smallest absolute Gasteiger partial charge is 0.126 e. The van der Waals surface area contributed by atoms with Crippen molar-refractivity contribution in [3.8, 4) is 0 Å². The van der Waals surface area contributed by atoms with Gasteiger partial charge in [0.1, 0.15) is 5.82 Å². The molecule has 0 spiro atoms. The Kier molecular flexibility index (Phi) is 6.24. The lowest BCUT2D eigenvalue weighted by Gasteiger charge is -2.30. The maximum absolute atomic E-state index is 13.2. The molecule has 2 rings (SSSR count). The third-order valence-electron chi connectivity index (χ3n) is 4.07. The highest BCUT2D eigenvalue weighted by Gasteiger charge is 2.27. The monoisotopic (exact) mass is 287 g/mol. The number of aryl methyl sites for hydroxylation is 1. The van der Waals surface area contributed by atoms with Crippen LogP contribution in [0.4, 0.5) is 4.39 Å². The summed E-state index contributed by atoms with van der Waals surface area (Å²) < 4.78 is 13.2. The summed E-state index contributed by atoms with van der Waals surface area (Å²) in [5.41, 5.74) is 7.52. The van der Waals surface area contributed by atoms with E-state index in [9.17, 15) is 9.50 Å². The molecule has 0 unspecified atom stereocenters. The predicted octanol–water partition coefficient (Wildman–Crippen LogP) is 3.50. The van der Waals surface area contributed by atoms with Crippen molar-refractivity contribution in [3.05, 3.63) is 35.1 Å². The van der Waals surface area contributed by atoms with Gasteiger partial charge in [-0.15, -0.1) is 12.4 Å². The first-order chi connectivity index (χ1) is 8.59. The Morgan fingerprint density at radius 2 is 1.89 bits per heavy atom. The summed E-state index contributed by atoms with van der Waals surface area (Å²) in [7, 11) is 0. The lowest BCUT2D eigenvalue weighted by atomic mass is 9.81. The molecule has 0 heterocycles. The highest BCUT2D eigenvalue weighted by Crippen LogP contribution is 2.31. The molecule has 0 aromatic heterocycles. The number of benzene rings is 1. The largest absolute Gasteiger partial charge is 0.391 e. The van der Waals surface area contributed by atoms with Crippen molar-refractivity contribution in [1.82, 2.24) is 0 Å². The molecule has 2 atom stereocenters. The van der Waals surface area contributed by atoms with Crippen LogP contribution in [0.3, 0.4) is 0 Å². The van der Waals surface area contributed by atoms with Crippen molar-refractivity contribution in [2.45, 2.75) is 51.2 Å². The van der Waals surface area contributed by atoms with Gasteiger partial charge in [0, 0.05) is 0 Å². The Hall–Kier alpha value is -0.640. The van der Waals surface area contributed by atoms with Crippen molar-refractivity contribution in [1.29, 1.82) is 0 Å². The highest BCUT2D eigenvalue weighted by molar-refractivity contribution is 5.85. The van der Waals surface area contributed by atoms with E-state index in [0.29, 0.717) is 11.5 Å². The topological polar surface area (TPSA) is 46.2 Å². The van der Waals surface area contributed by atoms with Gasteiger partial charge in [-0.2, -0.15) is 0 Å². The Morgan fingerprint density at radius 3 is 2.47 bits per heavy atom. The van der Waals surface area contributed by atoms with Gasteiger partial charge in [0.2, 0.25) is 0 Å². The Morgan fingerprint density at radius 1 is 1.26 bits per heavy atom. The number of aliphatic hydroxyl groups is 1. The van der Waals surface area contributed by atoms with Gasteiger partial charge in [-0.05, 0) is 42.9 Å². The van der Waals surface area contributed by atoms with E-state index in [4.69, 9.17) is 5.73 Å². The molecular weight excluding hydrogens is 265 g/mol. The zero-order valence-electron chi connectivity index (χ0n) is 11.3. The molecule has 108 valence electrons. The van der Waals surface area contributed by atoms with E-state index in [1.165, 1.54) is 25.3 Å². The third-order valence-corrected chi connectivity index (χ3v) is 4.07. The van der Waals surface area contributed by atoms with E-state index in [1.54, 1.807) is 19.1 Å². The van der Waals surface area contributed by atoms with Gasteiger partial charge in [0.25, 0.3) is 0 Å². The van der Waals surface area contributed by atoms with Crippen LogP contribution in [-0.2, 0) is 0 Å². The molecule has 3 N–H and O–H groups in total. The third kappa shape index (κ3) is 3.91. The minimum atomic E-state index is -0.518. The summed E-state index contributed by atoms with van der Waals surface area (Å²) in [4.78, 5) is 0. The summed E-state index contributed by atoms with van der Waals surface area (Å²) in [5.74, 6) is 0.0669. The molecule has 1 aliphatic rings. The lowest BCUT2D eigenvalue weighted by Crippen LogP contribution is -2.34. The Bertz CT molecular complexity index is 407. The summed E-state index contributed by atoms with van der Waals surface area (Å²) in [6.45, 7) is 1.72. The maximum Gasteiger partial charge on any atom is 0.126 e. The maximum atomic E-state index is 13.2. The number of nitrogens with two attached hydrogens (primary N) is 1. The summed E-state index contributed by atoms with van der Waals surface area (Å²) in [6, 6.07) is 4.44. The van der Waals surface area contributed by atoms with Gasteiger partial charge in [-0.25, -0.2) is 4.39 Å². The Balaban J connectivity index is 0.00000180. The second-order valence-electron chi connectivity index (χ2n) is 5.42. The zero-order chi connectivity index (χ0) is 13.1. The van der Waals surface area contributed by atoms with Crippen LogP contribution < -0.4 is 5.73 Å². The van der Waals surface area contributed by atoms with Gasteiger partial charge in [-0.3, -0.25) is 0 Å². The first-order valence-corrected chi connectivity index (χ1v) is 6.79. The number of hydrogen-bond acceptors (Lipinski definition) is 2. The van der Waals surface area contributed by atoms with Crippen molar-refractivity contribution in [3.63, 3.8) is 0 Å². The fraction of sp³-hybridized carbons (Fsp3) is 0.600. The van der Waals surface area contributed by atoms with E-state index in [0.717, 1.165) is 18.4 Å². The molecule has 0 saturated heterocycles. The second kappa shape index (κ2) is 7.22. The molecule has 0 radical (unpaired) electrons. The summed E-state index contributed by atoms with van der Waals surface area (Å²) >= 11 is 0. The summed E-state index contributed by atoms with van der Waals surface area (Å²) in [5, 5.41) is 10.3. The van der Waals surface area contributed by atoms with Gasteiger partial charge in [-0.1, -0.05) is 31.4 Å². The molecule has 1 aromatic carbocycles. The molecule has 1 aliphatic carbocycles. The zero-order valence-corrected chi connectivity index (χ0v) is 12.1. The van der Waals surface area contributed by atoms with Gasteiger partial charge in [0.05, 0.1) is 12.1 Å². The molecule has 19 heavy (non-hydrogen) atoms. The number of aliphatic hydroxyl groups excluding tert-OH is 1. The molecule has 2 nitrogen and oxygen atoms in total. The standard InChI is InChI=1S/C15H22FNO.ClH/c1-10-9-12(7-8-13(10)16)14(17)15(18)11-5-3-2-4-6-11;/h7-9,11,14-15,18H,2-6,17H2,1H3;1H/t14-,15+;/m1./s1. The van der Waals surface area contributed by atoms with Crippen LogP contribution in [-0.4, -0.2) is 11.2 Å². The fourth-order valence-corrected chi connectivity index (χ4v) is 2.84. The normalized spacial score (nSPS) is 19.6. The van der Waals surface area contributed by atoms with Crippen LogP contribution in [0.2, 0.25) is 0 Å². The SMILES string of the molecule is Cc1cc([C@@H](N)[C@@H](O)C2CCCCC2)ccc1F.Cl. The van der Waals surface area contributed by atoms with Gasteiger partial charge >= 0.3 is 0 Å². The first-order valence-electron chi connectivity index (χ1n) is 6.79. The average Bonchev–Trinajstić information content (AvgIpc) is 2.41. The van der Waals surface area contributed by atoms with E-state index in [1.807, 2.05) is 0 Å². The molecule has 1 saturated carbocycles. The minimum absolute atomic E-state index is 0. The van der Waals surface area contributed by atoms with E-state index in [2.05, 4.69) is 0 Å². The molecule has 1 aromatic rings. The van der Waals surface area contributed by atoms with Crippen molar-refractivity contribution in [2.24, 2.45) is 11.7 Å². The van der Waals surface area contributed by atoms with E-state index in [-0.39, 0.29) is 18.2 Å². The fourth-order valence-electron chi connectivity index (χ4n) is 2.84. The molecular formula is C15H23ClFNO. The predicted molar refractivity (Wildman–Crippen MR) is 77.9 cm³/mol. The van der Waals surface area contributed by atoms with Crippen molar-refractivity contribution >= 4 is 12.4 Å². The van der Waals surface area contributed by atoms with Crippen LogP contribution >= 0.6 is 12.4 Å². The number of rotatable bonds is 3. The van der Waals surface area contributed by atoms with Crippen LogP contribution in [0.25, 0.3) is 0 Å². The Labute approximate surface area is 120 Å². The van der Waals surface area contributed by atoms with Crippen molar-refractivity contribution < 1.29 is 9.50 Å². The van der Waals surface area contributed by atoms with E-state index < -0.39 is 12.1 Å². The quantitative estimate of drug-likeness (QED) is 0.894. The van der Waals surface area contributed by atoms with Gasteiger partial charge < -0.3 is 10.8 Å². The van der Waals surface area contributed by atoms with Crippen LogP contribution in [0.5, 0.6) is 0 Å². The first kappa shape index (κ1) is 16.4. The summed E-state index contributed by atoms with van der Waals surface area (Å²) in [6.07, 6.45) is 5.20. The molecule has 4 heteroatoms. The van der Waals surface area contributed by atoms with Crippen molar-refractivity contribution in [2.75, 3.05) is 0 Å². The average molecular weight is 288 g/mol. The molecule has 0 bridgehead atoms.